The monoisotopic (exact) mass is 493 g/mol. The number of ether oxygens (including phenoxy) is 1. The summed E-state index contributed by atoms with van der Waals surface area (Å²) in [6, 6.07) is 12.8. The molecule has 0 saturated carbocycles. The van der Waals surface area contributed by atoms with Gasteiger partial charge in [-0.05, 0) is 25.1 Å². The smallest absolute Gasteiger partial charge is 0.293 e. The van der Waals surface area contributed by atoms with E-state index in [0.29, 0.717) is 43.1 Å². The zero-order valence-corrected chi connectivity index (χ0v) is 20.2. The predicted molar refractivity (Wildman–Crippen MR) is 136 cm³/mol. The first-order valence-corrected chi connectivity index (χ1v) is 11.6. The molecule has 0 saturated heterocycles. The van der Waals surface area contributed by atoms with Crippen molar-refractivity contribution in [1.29, 1.82) is 0 Å². The van der Waals surface area contributed by atoms with Crippen molar-refractivity contribution in [3.63, 3.8) is 0 Å². The Morgan fingerprint density at radius 1 is 1.03 bits per heavy atom. The number of carbonyl (C=O) groups excluding carboxylic acids is 2. The minimum Gasteiger partial charge on any atom is -0.483 e. The fraction of sp³-hybridized carbons (Fsp3) is 0.320. The van der Waals surface area contributed by atoms with Crippen molar-refractivity contribution in [2.75, 3.05) is 31.6 Å². The van der Waals surface area contributed by atoms with E-state index >= 15 is 0 Å². The third kappa shape index (κ3) is 7.91. The molecule has 3 rings (SSSR count). The number of nitrogens with one attached hydrogen (secondary N) is 3. The average Bonchev–Trinajstić information content (AvgIpc) is 2.89. The average molecular weight is 494 g/mol. The highest BCUT2D eigenvalue weighted by Gasteiger charge is 2.13. The van der Waals surface area contributed by atoms with Crippen LogP contribution in [-0.2, 0) is 29.1 Å². The number of amides is 2. The molecule has 0 aliphatic heterocycles. The number of aryl methyl sites for hydroxylation is 1. The molecule has 0 unspecified atom stereocenters. The summed E-state index contributed by atoms with van der Waals surface area (Å²) in [5, 5.41) is 8.47. The zero-order chi connectivity index (χ0) is 25.8. The Morgan fingerprint density at radius 2 is 1.83 bits per heavy atom. The lowest BCUT2D eigenvalue weighted by Gasteiger charge is -2.14. The predicted octanol–water partition coefficient (Wildman–Crippen LogP) is 0.371. The molecule has 3 aromatic rings. The number of para-hydroxylation sites is 1. The van der Waals surface area contributed by atoms with Gasteiger partial charge < -0.3 is 26.4 Å². The van der Waals surface area contributed by atoms with Gasteiger partial charge in [-0.3, -0.25) is 23.9 Å². The molecule has 0 spiro atoms. The topological polar surface area (TPSA) is 153 Å². The van der Waals surface area contributed by atoms with Gasteiger partial charge in [0.1, 0.15) is 12.3 Å². The van der Waals surface area contributed by atoms with Crippen LogP contribution in [0.2, 0.25) is 0 Å². The molecule has 0 fully saturated rings. The first-order chi connectivity index (χ1) is 17.5. The van der Waals surface area contributed by atoms with Crippen molar-refractivity contribution in [1.82, 2.24) is 25.2 Å². The second-order valence-corrected chi connectivity index (χ2v) is 7.95. The summed E-state index contributed by atoms with van der Waals surface area (Å²) in [7, 11) is 0. The quantitative estimate of drug-likeness (QED) is 0.266. The standard InChI is InChI=1S/C25H31N7O4/c1-18-14-31-24(29-12-9-20-7-4-5-11-27-20)25(35)32(18)16-22(33)30-15-19-6-2-3-8-21(19)36-17-23(34)28-13-10-26/h2-8,11,14H,9-10,12-13,15-17,26H2,1H3,(H,28,34)(H,29,31)(H,30,33). The van der Waals surface area contributed by atoms with Crippen molar-refractivity contribution in [2.24, 2.45) is 5.73 Å². The van der Waals surface area contributed by atoms with Crippen molar-refractivity contribution >= 4 is 17.6 Å². The molecule has 11 nitrogen and oxygen atoms in total. The van der Waals surface area contributed by atoms with Gasteiger partial charge in [-0.2, -0.15) is 0 Å². The number of rotatable bonds is 13. The van der Waals surface area contributed by atoms with Gasteiger partial charge in [0.05, 0.1) is 0 Å². The lowest BCUT2D eigenvalue weighted by molar-refractivity contribution is -0.123. The number of hydrogen-bond donors (Lipinski definition) is 4. The summed E-state index contributed by atoms with van der Waals surface area (Å²) >= 11 is 0. The second kappa shape index (κ2) is 13.6. The van der Waals surface area contributed by atoms with Crippen LogP contribution in [0.1, 0.15) is 17.0 Å². The Bertz CT molecular complexity index is 1210. The van der Waals surface area contributed by atoms with Gasteiger partial charge in [0.15, 0.2) is 12.4 Å². The van der Waals surface area contributed by atoms with Gasteiger partial charge >= 0.3 is 0 Å². The van der Waals surface area contributed by atoms with E-state index in [0.717, 1.165) is 5.69 Å². The molecule has 2 heterocycles. The molecule has 0 aliphatic carbocycles. The number of nitrogens with zero attached hydrogens (tertiary/aromatic N) is 3. The summed E-state index contributed by atoms with van der Waals surface area (Å²) < 4.78 is 6.96. The minimum absolute atomic E-state index is 0.160. The number of carbonyl (C=O) groups is 2. The Kier molecular flexibility index (Phi) is 9.95. The van der Waals surface area contributed by atoms with Crippen molar-refractivity contribution in [2.45, 2.75) is 26.4 Å². The number of aromatic nitrogens is 3. The number of nitrogens with two attached hydrogens (primary N) is 1. The number of pyridine rings is 1. The Hall–Kier alpha value is -4.25. The van der Waals surface area contributed by atoms with Crippen molar-refractivity contribution in [3.05, 3.63) is 82.2 Å². The maximum atomic E-state index is 12.9. The van der Waals surface area contributed by atoms with Gasteiger partial charge in [0.25, 0.3) is 11.5 Å². The van der Waals surface area contributed by atoms with Gasteiger partial charge in [0, 0.05) is 61.9 Å². The number of benzene rings is 1. The highest BCUT2D eigenvalue weighted by Crippen LogP contribution is 2.17. The Balaban J connectivity index is 1.56. The molecule has 0 atom stereocenters. The summed E-state index contributed by atoms with van der Waals surface area (Å²) in [5.74, 6) is 0.0333. The molecule has 5 N–H and O–H groups in total. The first-order valence-electron chi connectivity index (χ1n) is 11.6. The molecule has 190 valence electrons. The van der Waals surface area contributed by atoms with Crippen LogP contribution in [0.5, 0.6) is 5.75 Å². The van der Waals surface area contributed by atoms with E-state index in [9.17, 15) is 14.4 Å². The molecule has 36 heavy (non-hydrogen) atoms. The number of anilines is 1. The summed E-state index contributed by atoms with van der Waals surface area (Å²) in [5.41, 5.74) is 7.17. The summed E-state index contributed by atoms with van der Waals surface area (Å²) in [6.45, 7) is 2.77. The van der Waals surface area contributed by atoms with Crippen molar-refractivity contribution in [3.8, 4) is 5.75 Å². The van der Waals surface area contributed by atoms with Crippen LogP contribution >= 0.6 is 0 Å². The molecular weight excluding hydrogens is 462 g/mol. The van der Waals surface area contributed by atoms with Gasteiger partial charge in [0.2, 0.25) is 5.91 Å². The molecule has 0 radical (unpaired) electrons. The van der Waals surface area contributed by atoms with Crippen LogP contribution in [0.3, 0.4) is 0 Å². The van der Waals surface area contributed by atoms with E-state index < -0.39 is 0 Å². The van der Waals surface area contributed by atoms with Crippen LogP contribution in [0.25, 0.3) is 0 Å². The Labute approximate surface area is 209 Å². The van der Waals surface area contributed by atoms with Crippen LogP contribution in [0.15, 0.2) is 59.7 Å². The van der Waals surface area contributed by atoms with E-state index in [4.69, 9.17) is 10.5 Å². The van der Waals surface area contributed by atoms with Crippen LogP contribution in [0.4, 0.5) is 5.82 Å². The maximum Gasteiger partial charge on any atom is 0.293 e. The van der Waals surface area contributed by atoms with Gasteiger partial charge in [-0.25, -0.2) is 4.98 Å². The molecule has 0 bridgehead atoms. The highest BCUT2D eigenvalue weighted by atomic mass is 16.5. The fourth-order valence-corrected chi connectivity index (χ4v) is 3.33. The van der Waals surface area contributed by atoms with Crippen LogP contribution in [-0.4, -0.2) is 52.6 Å². The van der Waals surface area contributed by atoms with Gasteiger partial charge in [-0.1, -0.05) is 24.3 Å². The molecule has 0 aliphatic rings. The first kappa shape index (κ1) is 26.4. The summed E-state index contributed by atoms with van der Waals surface area (Å²) in [6.07, 6.45) is 3.90. The van der Waals surface area contributed by atoms with Gasteiger partial charge in [-0.15, -0.1) is 0 Å². The van der Waals surface area contributed by atoms with Crippen LogP contribution in [0, 0.1) is 6.92 Å². The zero-order valence-electron chi connectivity index (χ0n) is 20.2. The lowest BCUT2D eigenvalue weighted by Crippen LogP contribution is -2.35. The SMILES string of the molecule is Cc1cnc(NCCc2ccccn2)c(=O)n1CC(=O)NCc1ccccc1OCC(=O)NCCN. The molecule has 1 aromatic carbocycles. The maximum absolute atomic E-state index is 12.9. The normalized spacial score (nSPS) is 10.5. The van der Waals surface area contributed by atoms with Crippen molar-refractivity contribution < 1.29 is 14.3 Å². The van der Waals surface area contributed by atoms with E-state index in [-0.39, 0.29) is 42.9 Å². The van der Waals surface area contributed by atoms with E-state index in [1.54, 1.807) is 37.5 Å². The molecule has 11 heteroatoms. The third-order valence-electron chi connectivity index (χ3n) is 5.23. The van der Waals surface area contributed by atoms with Crippen LogP contribution < -0.4 is 32.0 Å². The van der Waals surface area contributed by atoms with E-state index in [2.05, 4.69) is 25.9 Å². The molecule has 2 amide bonds. The molecule has 2 aromatic heterocycles. The summed E-state index contributed by atoms with van der Waals surface area (Å²) in [4.78, 5) is 45.8. The number of hydrogen-bond acceptors (Lipinski definition) is 8. The Morgan fingerprint density at radius 3 is 2.61 bits per heavy atom. The lowest BCUT2D eigenvalue weighted by atomic mass is 10.2. The minimum atomic E-state index is -0.376. The fourth-order valence-electron chi connectivity index (χ4n) is 3.33. The third-order valence-corrected chi connectivity index (χ3v) is 5.23. The van der Waals surface area contributed by atoms with E-state index in [1.165, 1.54) is 4.57 Å². The molecular formula is C25H31N7O4. The van der Waals surface area contributed by atoms with E-state index in [1.807, 2.05) is 24.3 Å². The largest absolute Gasteiger partial charge is 0.483 e. The highest BCUT2D eigenvalue weighted by molar-refractivity contribution is 5.77. The second-order valence-electron chi connectivity index (χ2n) is 7.95.